The molecule has 1 fully saturated rings. The van der Waals surface area contributed by atoms with Gasteiger partial charge >= 0.3 is 0 Å². The molecule has 3 rings (SSSR count). The van der Waals surface area contributed by atoms with E-state index in [1.165, 1.54) is 0 Å². The fourth-order valence-electron chi connectivity index (χ4n) is 3.06. The number of amides is 3. The van der Waals surface area contributed by atoms with Crippen LogP contribution in [0.15, 0.2) is 61.2 Å². The molecule has 0 spiro atoms. The molecule has 2 aromatic carbocycles. The summed E-state index contributed by atoms with van der Waals surface area (Å²) in [7, 11) is 0. The maximum Gasteiger partial charge on any atom is 0.253 e. The summed E-state index contributed by atoms with van der Waals surface area (Å²) < 4.78 is 0. The zero-order valence-corrected chi connectivity index (χ0v) is 15.9. The van der Waals surface area contributed by atoms with Crippen molar-refractivity contribution in [2.75, 3.05) is 23.3 Å². The van der Waals surface area contributed by atoms with Gasteiger partial charge < -0.3 is 15.5 Å². The van der Waals surface area contributed by atoms with Crippen LogP contribution < -0.4 is 15.5 Å². The highest BCUT2D eigenvalue weighted by atomic mass is 35.5. The predicted molar refractivity (Wildman–Crippen MR) is 110 cm³/mol. The molecule has 1 aliphatic rings. The summed E-state index contributed by atoms with van der Waals surface area (Å²) in [6, 6.07) is 13.7. The first-order valence-electron chi connectivity index (χ1n) is 8.84. The molecule has 1 aliphatic heterocycles. The molecule has 0 radical (unpaired) electrons. The quantitative estimate of drug-likeness (QED) is 0.734. The molecule has 144 valence electrons. The van der Waals surface area contributed by atoms with Gasteiger partial charge in [-0.05, 0) is 30.3 Å². The molecule has 0 saturated carbocycles. The van der Waals surface area contributed by atoms with Crippen LogP contribution in [-0.2, 0) is 9.59 Å². The molecule has 2 aromatic rings. The van der Waals surface area contributed by atoms with Gasteiger partial charge in [-0.3, -0.25) is 14.4 Å². The molecule has 28 heavy (non-hydrogen) atoms. The van der Waals surface area contributed by atoms with Gasteiger partial charge in [-0.2, -0.15) is 0 Å². The minimum Gasteiger partial charge on any atom is -0.349 e. The first kappa shape index (κ1) is 19.6. The number of nitrogens with one attached hydrogen (secondary N) is 2. The van der Waals surface area contributed by atoms with Crippen LogP contribution in [0.2, 0.25) is 5.02 Å². The minimum absolute atomic E-state index is 0.100. The molecule has 6 nitrogen and oxygen atoms in total. The van der Waals surface area contributed by atoms with E-state index in [1.807, 2.05) is 0 Å². The van der Waals surface area contributed by atoms with Crippen molar-refractivity contribution in [3.05, 3.63) is 71.8 Å². The number of hydrogen-bond donors (Lipinski definition) is 2. The van der Waals surface area contributed by atoms with E-state index >= 15 is 0 Å². The average molecular weight is 398 g/mol. The van der Waals surface area contributed by atoms with Crippen LogP contribution in [0.1, 0.15) is 16.8 Å². The fraction of sp³-hybridized carbons (Fsp3) is 0.190. The van der Waals surface area contributed by atoms with E-state index < -0.39 is 5.92 Å². The van der Waals surface area contributed by atoms with Crippen LogP contribution in [0.25, 0.3) is 0 Å². The number of halogens is 1. The summed E-state index contributed by atoms with van der Waals surface area (Å²) in [5.74, 6) is -1.27. The zero-order valence-electron chi connectivity index (χ0n) is 15.2. The third-order valence-corrected chi connectivity index (χ3v) is 4.69. The monoisotopic (exact) mass is 397 g/mol. The van der Waals surface area contributed by atoms with Crippen LogP contribution in [0.4, 0.5) is 11.4 Å². The van der Waals surface area contributed by atoms with Crippen molar-refractivity contribution in [1.29, 1.82) is 0 Å². The van der Waals surface area contributed by atoms with E-state index in [2.05, 4.69) is 17.2 Å². The van der Waals surface area contributed by atoms with Crippen molar-refractivity contribution in [2.45, 2.75) is 6.42 Å². The van der Waals surface area contributed by atoms with Gasteiger partial charge in [-0.1, -0.05) is 35.9 Å². The second-order valence-electron chi connectivity index (χ2n) is 6.42. The Balaban J connectivity index is 1.72. The predicted octanol–water partition coefficient (Wildman–Crippen LogP) is 3.25. The third-order valence-electron chi connectivity index (χ3n) is 4.45. The lowest BCUT2D eigenvalue weighted by Crippen LogP contribution is -2.29. The third kappa shape index (κ3) is 4.40. The smallest absolute Gasteiger partial charge is 0.253 e. The summed E-state index contributed by atoms with van der Waals surface area (Å²) in [5, 5.41) is 6.00. The molecule has 1 atom stereocenters. The van der Waals surface area contributed by atoms with Crippen molar-refractivity contribution in [1.82, 2.24) is 5.32 Å². The molecule has 0 aliphatic carbocycles. The summed E-state index contributed by atoms with van der Waals surface area (Å²) in [4.78, 5) is 38.9. The van der Waals surface area contributed by atoms with Crippen LogP contribution in [0.5, 0.6) is 0 Å². The highest BCUT2D eigenvalue weighted by Crippen LogP contribution is 2.28. The summed E-state index contributed by atoms with van der Waals surface area (Å²) in [5.41, 5.74) is 1.42. The molecule has 0 unspecified atom stereocenters. The standard InChI is InChI=1S/C21H20ClN3O3/c1-2-10-23-21(28)17-8-3-4-9-18(17)24-20(27)14-11-19(26)25(13-14)16-7-5-6-15(22)12-16/h2-9,12,14H,1,10-11,13H2,(H,23,28)(H,24,27)/t14-/m1/s1. The molecular formula is C21H20ClN3O3. The summed E-state index contributed by atoms with van der Waals surface area (Å²) in [6.45, 7) is 4.15. The van der Waals surface area contributed by atoms with Crippen LogP contribution in [0, 0.1) is 5.92 Å². The number of carbonyl (C=O) groups excluding carboxylic acids is 3. The molecule has 1 heterocycles. The van der Waals surface area contributed by atoms with E-state index in [0.717, 1.165) is 0 Å². The Labute approximate surface area is 168 Å². The number of hydrogen-bond acceptors (Lipinski definition) is 3. The van der Waals surface area contributed by atoms with Gasteiger partial charge in [0.2, 0.25) is 11.8 Å². The number of para-hydroxylation sites is 1. The summed E-state index contributed by atoms with van der Waals surface area (Å²) >= 11 is 6.00. The normalized spacial score (nSPS) is 16.0. The maximum absolute atomic E-state index is 12.7. The number of anilines is 2. The Kier molecular flexibility index (Phi) is 6.11. The zero-order chi connectivity index (χ0) is 20.1. The van der Waals surface area contributed by atoms with Crippen molar-refractivity contribution >= 4 is 40.7 Å². The maximum atomic E-state index is 12.7. The van der Waals surface area contributed by atoms with E-state index in [9.17, 15) is 14.4 Å². The number of carbonyl (C=O) groups is 3. The summed E-state index contributed by atoms with van der Waals surface area (Å²) in [6.07, 6.45) is 1.68. The number of benzene rings is 2. The van der Waals surface area contributed by atoms with Gasteiger partial charge in [0.25, 0.3) is 5.91 Å². The molecule has 0 bridgehead atoms. The highest BCUT2D eigenvalue weighted by molar-refractivity contribution is 6.31. The first-order valence-corrected chi connectivity index (χ1v) is 9.22. The van der Waals surface area contributed by atoms with Gasteiger partial charge in [0, 0.05) is 30.2 Å². The minimum atomic E-state index is -0.518. The molecule has 7 heteroatoms. The van der Waals surface area contributed by atoms with Crippen LogP contribution in [-0.4, -0.2) is 30.8 Å². The van der Waals surface area contributed by atoms with E-state index in [-0.39, 0.29) is 30.7 Å². The molecule has 0 aromatic heterocycles. The van der Waals surface area contributed by atoms with Gasteiger partial charge in [-0.15, -0.1) is 6.58 Å². The lowest BCUT2D eigenvalue weighted by atomic mass is 10.1. The SMILES string of the molecule is C=CCNC(=O)c1ccccc1NC(=O)[C@@H]1CC(=O)N(c2cccc(Cl)c2)C1. The van der Waals surface area contributed by atoms with E-state index in [0.29, 0.717) is 28.5 Å². The second-order valence-corrected chi connectivity index (χ2v) is 6.86. The molecule has 3 amide bonds. The molecular weight excluding hydrogens is 378 g/mol. The molecule has 2 N–H and O–H groups in total. The van der Waals surface area contributed by atoms with Crippen molar-refractivity contribution < 1.29 is 14.4 Å². The number of nitrogens with zero attached hydrogens (tertiary/aromatic N) is 1. The Morgan fingerprint density at radius 3 is 2.75 bits per heavy atom. The van der Waals surface area contributed by atoms with Gasteiger partial charge in [0.05, 0.1) is 17.2 Å². The lowest BCUT2D eigenvalue weighted by Gasteiger charge is -2.17. The van der Waals surface area contributed by atoms with Gasteiger partial charge in [0.15, 0.2) is 0 Å². The Hall–Kier alpha value is -3.12. The number of rotatable bonds is 6. The van der Waals surface area contributed by atoms with Gasteiger partial charge in [-0.25, -0.2) is 0 Å². The van der Waals surface area contributed by atoms with Crippen LogP contribution >= 0.6 is 11.6 Å². The Bertz CT molecular complexity index is 929. The Morgan fingerprint density at radius 1 is 1.21 bits per heavy atom. The van der Waals surface area contributed by atoms with Crippen molar-refractivity contribution in [3.63, 3.8) is 0 Å². The topological polar surface area (TPSA) is 78.5 Å². The highest BCUT2D eigenvalue weighted by Gasteiger charge is 2.35. The first-order chi connectivity index (χ1) is 13.5. The van der Waals surface area contributed by atoms with E-state index in [1.54, 1.807) is 59.5 Å². The average Bonchev–Trinajstić information content (AvgIpc) is 3.08. The molecule has 1 saturated heterocycles. The van der Waals surface area contributed by atoms with Gasteiger partial charge in [0.1, 0.15) is 0 Å². The lowest BCUT2D eigenvalue weighted by molar-refractivity contribution is -0.122. The van der Waals surface area contributed by atoms with Crippen molar-refractivity contribution in [3.8, 4) is 0 Å². The Morgan fingerprint density at radius 2 is 2.00 bits per heavy atom. The fourth-order valence-corrected chi connectivity index (χ4v) is 3.25. The second kappa shape index (κ2) is 8.71. The van der Waals surface area contributed by atoms with Crippen molar-refractivity contribution in [2.24, 2.45) is 5.92 Å². The largest absolute Gasteiger partial charge is 0.349 e. The van der Waals surface area contributed by atoms with Crippen LogP contribution in [0.3, 0.4) is 0 Å². The van der Waals surface area contributed by atoms with E-state index in [4.69, 9.17) is 11.6 Å².